The summed E-state index contributed by atoms with van der Waals surface area (Å²) in [6, 6.07) is 33.8. The zero-order valence-electron chi connectivity index (χ0n) is 14.0. The van der Waals surface area contributed by atoms with Crippen molar-refractivity contribution in [2.45, 2.75) is 6.54 Å². The molecule has 0 aliphatic carbocycles. The minimum absolute atomic E-state index is 0.809. The second-order valence-electron chi connectivity index (χ2n) is 6.00. The van der Waals surface area contributed by atoms with Gasteiger partial charge in [-0.1, -0.05) is 60.7 Å². The number of H-pyrrole nitrogens is 1. The molecule has 4 rings (SSSR count). The first kappa shape index (κ1) is 15.3. The van der Waals surface area contributed by atoms with E-state index in [0.717, 1.165) is 12.2 Å². The second-order valence-corrected chi connectivity index (χ2v) is 6.00. The highest BCUT2D eigenvalue weighted by Crippen LogP contribution is 2.30. The first-order valence-electron chi connectivity index (χ1n) is 8.51. The number of hydrogen-bond acceptors (Lipinski definition) is 1. The molecule has 2 heteroatoms. The molecule has 0 atom stereocenters. The van der Waals surface area contributed by atoms with Crippen molar-refractivity contribution in [3.63, 3.8) is 0 Å². The summed E-state index contributed by atoms with van der Waals surface area (Å²) in [5.41, 5.74) is 6.06. The van der Waals surface area contributed by atoms with Crippen molar-refractivity contribution in [3.05, 3.63) is 109 Å². The highest BCUT2D eigenvalue weighted by molar-refractivity contribution is 5.68. The van der Waals surface area contributed by atoms with Crippen LogP contribution >= 0.6 is 0 Å². The zero-order valence-corrected chi connectivity index (χ0v) is 14.0. The van der Waals surface area contributed by atoms with E-state index in [0.29, 0.717) is 0 Å². The van der Waals surface area contributed by atoms with Crippen LogP contribution in [0.25, 0.3) is 11.3 Å². The molecule has 122 valence electrons. The standard InChI is InChI=1S/C23H20N2/c1-3-11-20(12-4-1)25(21-13-5-2-6-14-21)18-19-10-7-8-15-22(19)23-16-9-17-24-23/h1-17,24H,18H2. The summed E-state index contributed by atoms with van der Waals surface area (Å²) in [6.07, 6.45) is 1.97. The Morgan fingerprint density at radius 1 is 0.600 bits per heavy atom. The first-order chi connectivity index (χ1) is 12.4. The second kappa shape index (κ2) is 7.10. The Morgan fingerprint density at radius 2 is 1.20 bits per heavy atom. The van der Waals surface area contributed by atoms with Crippen LogP contribution in [0.15, 0.2) is 103 Å². The summed E-state index contributed by atoms with van der Waals surface area (Å²) in [4.78, 5) is 5.68. The first-order valence-corrected chi connectivity index (χ1v) is 8.51. The van der Waals surface area contributed by atoms with Gasteiger partial charge < -0.3 is 9.88 Å². The number of para-hydroxylation sites is 2. The Bertz CT molecular complexity index is 873. The summed E-state index contributed by atoms with van der Waals surface area (Å²) in [6.45, 7) is 0.809. The van der Waals surface area contributed by atoms with Crippen molar-refractivity contribution in [1.82, 2.24) is 4.98 Å². The Kier molecular flexibility index (Phi) is 4.34. The average Bonchev–Trinajstić information content (AvgIpc) is 3.22. The maximum Gasteiger partial charge on any atom is 0.0488 e. The minimum Gasteiger partial charge on any atom is -0.361 e. The van der Waals surface area contributed by atoms with Crippen LogP contribution in [0.1, 0.15) is 5.56 Å². The lowest BCUT2D eigenvalue weighted by atomic mass is 10.0. The van der Waals surface area contributed by atoms with Gasteiger partial charge in [-0.25, -0.2) is 0 Å². The fourth-order valence-corrected chi connectivity index (χ4v) is 3.14. The summed E-state index contributed by atoms with van der Waals surface area (Å²) in [5, 5.41) is 0. The van der Waals surface area contributed by atoms with Crippen LogP contribution in [0.4, 0.5) is 11.4 Å². The van der Waals surface area contributed by atoms with E-state index >= 15 is 0 Å². The third kappa shape index (κ3) is 3.33. The van der Waals surface area contributed by atoms with E-state index < -0.39 is 0 Å². The number of aromatic amines is 1. The van der Waals surface area contributed by atoms with Gasteiger partial charge in [-0.2, -0.15) is 0 Å². The third-order valence-electron chi connectivity index (χ3n) is 4.37. The number of nitrogens with one attached hydrogen (secondary N) is 1. The molecule has 0 bridgehead atoms. The summed E-state index contributed by atoms with van der Waals surface area (Å²) in [7, 11) is 0. The molecular formula is C23H20N2. The molecule has 0 saturated carbocycles. The molecule has 1 N–H and O–H groups in total. The molecule has 0 aliphatic heterocycles. The van der Waals surface area contributed by atoms with Crippen molar-refractivity contribution >= 4 is 11.4 Å². The van der Waals surface area contributed by atoms with E-state index in [9.17, 15) is 0 Å². The Balaban J connectivity index is 1.76. The predicted octanol–water partition coefficient (Wildman–Crippen LogP) is 6.02. The SMILES string of the molecule is c1ccc(N(Cc2ccccc2-c2ccc[nH]2)c2ccccc2)cc1. The van der Waals surface area contributed by atoms with Gasteiger partial charge in [0, 0.05) is 35.4 Å². The molecule has 4 aromatic rings. The van der Waals surface area contributed by atoms with Gasteiger partial charge in [-0.15, -0.1) is 0 Å². The van der Waals surface area contributed by atoms with Crippen LogP contribution < -0.4 is 4.90 Å². The fourth-order valence-electron chi connectivity index (χ4n) is 3.14. The van der Waals surface area contributed by atoms with E-state index in [4.69, 9.17) is 0 Å². The van der Waals surface area contributed by atoms with Crippen molar-refractivity contribution in [1.29, 1.82) is 0 Å². The monoisotopic (exact) mass is 324 g/mol. The van der Waals surface area contributed by atoms with Crippen LogP contribution in [-0.4, -0.2) is 4.98 Å². The van der Waals surface area contributed by atoms with Crippen molar-refractivity contribution in [2.75, 3.05) is 4.90 Å². The van der Waals surface area contributed by atoms with Gasteiger partial charge in [0.15, 0.2) is 0 Å². The summed E-state index contributed by atoms with van der Waals surface area (Å²) >= 11 is 0. The van der Waals surface area contributed by atoms with E-state index in [-0.39, 0.29) is 0 Å². The molecule has 0 amide bonds. The molecule has 0 unspecified atom stereocenters. The Morgan fingerprint density at radius 3 is 1.80 bits per heavy atom. The maximum atomic E-state index is 3.33. The van der Waals surface area contributed by atoms with Crippen molar-refractivity contribution in [3.8, 4) is 11.3 Å². The smallest absolute Gasteiger partial charge is 0.0488 e. The van der Waals surface area contributed by atoms with Gasteiger partial charge in [0.2, 0.25) is 0 Å². The average molecular weight is 324 g/mol. The molecule has 0 radical (unpaired) electrons. The number of anilines is 2. The van der Waals surface area contributed by atoms with Crippen LogP contribution in [0.2, 0.25) is 0 Å². The molecule has 3 aromatic carbocycles. The van der Waals surface area contributed by atoms with E-state index in [1.807, 2.05) is 12.3 Å². The Hall–Kier alpha value is -3.26. The fraction of sp³-hybridized carbons (Fsp3) is 0.0435. The van der Waals surface area contributed by atoms with E-state index in [2.05, 4.69) is 101 Å². The minimum atomic E-state index is 0.809. The van der Waals surface area contributed by atoms with Crippen LogP contribution in [0.5, 0.6) is 0 Å². The largest absolute Gasteiger partial charge is 0.361 e. The molecule has 1 heterocycles. The van der Waals surface area contributed by atoms with Gasteiger partial charge in [0.1, 0.15) is 0 Å². The predicted molar refractivity (Wildman–Crippen MR) is 105 cm³/mol. The zero-order chi connectivity index (χ0) is 16.9. The summed E-state index contributed by atoms with van der Waals surface area (Å²) in [5.74, 6) is 0. The highest BCUT2D eigenvalue weighted by Gasteiger charge is 2.13. The molecule has 0 saturated heterocycles. The molecule has 0 fully saturated rings. The lowest BCUT2D eigenvalue weighted by Crippen LogP contribution is -2.16. The lowest BCUT2D eigenvalue weighted by molar-refractivity contribution is 0.976. The van der Waals surface area contributed by atoms with Gasteiger partial charge in [0.05, 0.1) is 0 Å². The molecule has 1 aromatic heterocycles. The van der Waals surface area contributed by atoms with Crippen LogP contribution in [0, 0.1) is 0 Å². The normalized spacial score (nSPS) is 10.6. The molecule has 2 nitrogen and oxygen atoms in total. The molecular weight excluding hydrogens is 304 g/mol. The number of aromatic nitrogens is 1. The number of nitrogens with zero attached hydrogens (tertiary/aromatic N) is 1. The van der Waals surface area contributed by atoms with Gasteiger partial charge >= 0.3 is 0 Å². The van der Waals surface area contributed by atoms with Crippen LogP contribution in [0.3, 0.4) is 0 Å². The Labute approximate surface area is 148 Å². The molecule has 0 spiro atoms. The molecule has 25 heavy (non-hydrogen) atoms. The van der Waals surface area contributed by atoms with E-state index in [1.165, 1.54) is 22.5 Å². The number of benzene rings is 3. The van der Waals surface area contributed by atoms with Gasteiger partial charge in [-0.3, -0.25) is 0 Å². The lowest BCUT2D eigenvalue weighted by Gasteiger charge is -2.26. The number of hydrogen-bond donors (Lipinski definition) is 1. The van der Waals surface area contributed by atoms with Crippen LogP contribution in [-0.2, 0) is 6.54 Å². The number of rotatable bonds is 5. The third-order valence-corrected chi connectivity index (χ3v) is 4.37. The van der Waals surface area contributed by atoms with E-state index in [1.54, 1.807) is 0 Å². The topological polar surface area (TPSA) is 19.0 Å². The van der Waals surface area contributed by atoms with Crippen molar-refractivity contribution in [2.24, 2.45) is 0 Å². The van der Waals surface area contributed by atoms with Gasteiger partial charge in [-0.05, 0) is 42.0 Å². The maximum absolute atomic E-state index is 3.33. The summed E-state index contributed by atoms with van der Waals surface area (Å²) < 4.78 is 0. The highest BCUT2D eigenvalue weighted by atomic mass is 15.1. The quantitative estimate of drug-likeness (QED) is 0.475. The van der Waals surface area contributed by atoms with Gasteiger partial charge in [0.25, 0.3) is 0 Å². The van der Waals surface area contributed by atoms with Crippen molar-refractivity contribution < 1.29 is 0 Å². The molecule has 0 aliphatic rings.